The van der Waals surface area contributed by atoms with Crippen molar-refractivity contribution in [2.45, 2.75) is 32.8 Å². The van der Waals surface area contributed by atoms with Crippen molar-refractivity contribution < 1.29 is 5.11 Å². The number of hydrogen-bond donors (Lipinski definition) is 1. The summed E-state index contributed by atoms with van der Waals surface area (Å²) in [6.45, 7) is 4.18. The third-order valence-corrected chi connectivity index (χ3v) is 3.63. The van der Waals surface area contributed by atoms with E-state index >= 15 is 0 Å². The Morgan fingerprint density at radius 1 is 1.62 bits per heavy atom. The first-order valence-corrected chi connectivity index (χ1v) is 5.83. The molecular formula is C10H15ClOS. The van der Waals surface area contributed by atoms with Crippen molar-refractivity contribution in [3.63, 3.8) is 0 Å². The molecule has 0 aliphatic heterocycles. The van der Waals surface area contributed by atoms with E-state index in [9.17, 15) is 5.11 Å². The van der Waals surface area contributed by atoms with Gasteiger partial charge in [-0.1, -0.05) is 31.9 Å². The maximum atomic E-state index is 9.92. The van der Waals surface area contributed by atoms with Gasteiger partial charge in [0.15, 0.2) is 0 Å². The number of halogens is 1. The lowest BCUT2D eigenvalue weighted by atomic mass is 9.98. The quantitative estimate of drug-likeness (QED) is 0.814. The van der Waals surface area contributed by atoms with Crippen LogP contribution < -0.4 is 0 Å². The van der Waals surface area contributed by atoms with Crippen molar-refractivity contribution >= 4 is 22.9 Å². The third kappa shape index (κ3) is 2.70. The highest BCUT2D eigenvalue weighted by Crippen LogP contribution is 2.34. The van der Waals surface area contributed by atoms with Crippen LogP contribution >= 0.6 is 22.9 Å². The molecule has 0 saturated heterocycles. The summed E-state index contributed by atoms with van der Waals surface area (Å²) < 4.78 is 0. The van der Waals surface area contributed by atoms with Crippen LogP contribution in [-0.4, -0.2) is 5.11 Å². The fourth-order valence-corrected chi connectivity index (χ4v) is 2.67. The predicted octanol–water partition coefficient (Wildman–Crippen LogP) is 3.87. The molecule has 0 aliphatic carbocycles. The first kappa shape index (κ1) is 11.0. The number of rotatable bonds is 4. The molecule has 0 saturated carbocycles. The Labute approximate surface area is 88.4 Å². The molecule has 0 fully saturated rings. The molecular weight excluding hydrogens is 204 g/mol. The molecule has 0 spiro atoms. The van der Waals surface area contributed by atoms with E-state index in [1.165, 1.54) is 11.3 Å². The van der Waals surface area contributed by atoms with Crippen molar-refractivity contribution in [3.8, 4) is 0 Å². The number of aliphatic hydroxyl groups is 1. The molecule has 1 aromatic heterocycles. The highest BCUT2D eigenvalue weighted by molar-refractivity contribution is 7.10. The minimum Gasteiger partial charge on any atom is -0.387 e. The second kappa shape index (κ2) is 4.99. The van der Waals surface area contributed by atoms with Gasteiger partial charge in [0.05, 0.1) is 16.0 Å². The molecule has 0 aliphatic rings. The molecule has 0 bridgehead atoms. The SMILES string of the molecule is CCCC(C)C(O)c1sccc1Cl. The molecule has 0 amide bonds. The largest absolute Gasteiger partial charge is 0.387 e. The maximum Gasteiger partial charge on any atom is 0.0922 e. The molecule has 1 nitrogen and oxygen atoms in total. The van der Waals surface area contributed by atoms with E-state index in [0.717, 1.165) is 17.7 Å². The van der Waals surface area contributed by atoms with Gasteiger partial charge in [-0.3, -0.25) is 0 Å². The smallest absolute Gasteiger partial charge is 0.0922 e. The Balaban J connectivity index is 2.67. The average molecular weight is 219 g/mol. The minimum atomic E-state index is -0.396. The standard InChI is InChI=1S/C10H15ClOS/c1-3-4-7(2)9(12)10-8(11)5-6-13-10/h5-7,9,12H,3-4H2,1-2H3. The van der Waals surface area contributed by atoms with Crippen molar-refractivity contribution in [2.24, 2.45) is 5.92 Å². The van der Waals surface area contributed by atoms with E-state index in [-0.39, 0.29) is 0 Å². The lowest BCUT2D eigenvalue weighted by molar-refractivity contribution is 0.116. The van der Waals surface area contributed by atoms with E-state index < -0.39 is 6.10 Å². The van der Waals surface area contributed by atoms with Gasteiger partial charge in [-0.2, -0.15) is 0 Å². The zero-order valence-corrected chi connectivity index (χ0v) is 9.53. The highest BCUT2D eigenvalue weighted by Gasteiger charge is 2.19. The summed E-state index contributed by atoms with van der Waals surface area (Å²) >= 11 is 7.46. The van der Waals surface area contributed by atoms with Gasteiger partial charge in [0.2, 0.25) is 0 Å². The minimum absolute atomic E-state index is 0.293. The van der Waals surface area contributed by atoms with Gasteiger partial charge in [-0.15, -0.1) is 11.3 Å². The fourth-order valence-electron chi connectivity index (χ4n) is 1.39. The Morgan fingerprint density at radius 2 is 2.31 bits per heavy atom. The molecule has 74 valence electrons. The van der Waals surface area contributed by atoms with Crippen molar-refractivity contribution in [2.75, 3.05) is 0 Å². The Hall–Kier alpha value is -0.0500. The topological polar surface area (TPSA) is 20.2 Å². The normalized spacial score (nSPS) is 15.7. The van der Waals surface area contributed by atoms with Crippen molar-refractivity contribution in [3.05, 3.63) is 21.3 Å². The molecule has 2 unspecified atom stereocenters. The second-order valence-electron chi connectivity index (χ2n) is 3.34. The molecule has 0 radical (unpaired) electrons. The zero-order valence-electron chi connectivity index (χ0n) is 7.96. The summed E-state index contributed by atoms with van der Waals surface area (Å²) in [7, 11) is 0. The van der Waals surface area contributed by atoms with Gasteiger partial charge >= 0.3 is 0 Å². The summed E-state index contributed by atoms with van der Waals surface area (Å²) in [5.41, 5.74) is 0. The summed E-state index contributed by atoms with van der Waals surface area (Å²) in [5, 5.41) is 12.5. The molecule has 13 heavy (non-hydrogen) atoms. The Morgan fingerprint density at radius 3 is 2.77 bits per heavy atom. The second-order valence-corrected chi connectivity index (χ2v) is 4.70. The van der Waals surface area contributed by atoms with E-state index in [2.05, 4.69) is 13.8 Å². The molecule has 2 atom stereocenters. The van der Waals surface area contributed by atoms with Crippen LogP contribution in [0.3, 0.4) is 0 Å². The molecule has 1 rings (SSSR count). The maximum absolute atomic E-state index is 9.92. The summed E-state index contributed by atoms with van der Waals surface area (Å²) in [5.74, 6) is 0.293. The fraction of sp³-hybridized carbons (Fsp3) is 0.600. The van der Waals surface area contributed by atoms with E-state index in [4.69, 9.17) is 11.6 Å². The molecule has 3 heteroatoms. The van der Waals surface area contributed by atoms with Crippen LogP contribution in [0.15, 0.2) is 11.4 Å². The zero-order chi connectivity index (χ0) is 9.84. The van der Waals surface area contributed by atoms with Gasteiger partial charge in [0.1, 0.15) is 0 Å². The average Bonchev–Trinajstić information content (AvgIpc) is 2.50. The number of hydrogen-bond acceptors (Lipinski definition) is 2. The van der Waals surface area contributed by atoms with Crippen LogP contribution in [0.4, 0.5) is 0 Å². The Kier molecular flexibility index (Phi) is 4.23. The van der Waals surface area contributed by atoms with Crippen LogP contribution in [-0.2, 0) is 0 Å². The molecule has 1 N–H and O–H groups in total. The summed E-state index contributed by atoms with van der Waals surface area (Å²) in [6, 6.07) is 1.84. The van der Waals surface area contributed by atoms with Crippen LogP contribution in [0.5, 0.6) is 0 Å². The molecule has 1 heterocycles. The number of aliphatic hydroxyl groups excluding tert-OH is 1. The van der Waals surface area contributed by atoms with Gasteiger partial charge in [-0.25, -0.2) is 0 Å². The van der Waals surface area contributed by atoms with Crippen LogP contribution in [0, 0.1) is 5.92 Å². The lowest BCUT2D eigenvalue weighted by Crippen LogP contribution is -2.07. The monoisotopic (exact) mass is 218 g/mol. The van der Waals surface area contributed by atoms with Gasteiger partial charge < -0.3 is 5.11 Å². The number of thiophene rings is 1. The molecule has 0 aromatic carbocycles. The van der Waals surface area contributed by atoms with Crippen molar-refractivity contribution in [1.29, 1.82) is 0 Å². The third-order valence-electron chi connectivity index (χ3n) is 2.20. The van der Waals surface area contributed by atoms with Crippen LogP contribution in [0.1, 0.15) is 37.7 Å². The van der Waals surface area contributed by atoms with E-state index in [1.807, 2.05) is 11.4 Å². The summed E-state index contributed by atoms with van der Waals surface area (Å²) in [4.78, 5) is 0.905. The van der Waals surface area contributed by atoms with E-state index in [1.54, 1.807) is 0 Å². The molecule has 1 aromatic rings. The van der Waals surface area contributed by atoms with Gasteiger partial charge in [0.25, 0.3) is 0 Å². The van der Waals surface area contributed by atoms with Crippen molar-refractivity contribution in [1.82, 2.24) is 0 Å². The first-order chi connectivity index (χ1) is 6.16. The van der Waals surface area contributed by atoms with Crippen LogP contribution in [0.25, 0.3) is 0 Å². The summed E-state index contributed by atoms with van der Waals surface area (Å²) in [6.07, 6.45) is 1.74. The van der Waals surface area contributed by atoms with Gasteiger partial charge in [0, 0.05) is 0 Å². The van der Waals surface area contributed by atoms with E-state index in [0.29, 0.717) is 10.9 Å². The first-order valence-electron chi connectivity index (χ1n) is 4.57. The predicted molar refractivity (Wildman–Crippen MR) is 58.4 cm³/mol. The van der Waals surface area contributed by atoms with Crippen LogP contribution in [0.2, 0.25) is 5.02 Å². The van der Waals surface area contributed by atoms with Gasteiger partial charge in [-0.05, 0) is 23.8 Å². The lowest BCUT2D eigenvalue weighted by Gasteiger charge is -2.17. The Bertz CT molecular complexity index is 259. The highest BCUT2D eigenvalue weighted by atomic mass is 35.5.